The van der Waals surface area contributed by atoms with Gasteiger partial charge >= 0.3 is 5.91 Å². The van der Waals surface area contributed by atoms with Crippen LogP contribution in [0.15, 0.2) is 54.7 Å². The molecule has 5 rings (SSSR count). The van der Waals surface area contributed by atoms with Gasteiger partial charge in [-0.05, 0) is 24.3 Å². The van der Waals surface area contributed by atoms with Crippen LogP contribution < -0.4 is 10.2 Å². The summed E-state index contributed by atoms with van der Waals surface area (Å²) in [6.07, 6.45) is 1.76. The van der Waals surface area contributed by atoms with Crippen LogP contribution in [0.2, 0.25) is 0 Å². The maximum atomic E-state index is 14.0. The molecule has 1 aromatic heterocycles. The van der Waals surface area contributed by atoms with Gasteiger partial charge in [-0.3, -0.25) is 9.36 Å². The van der Waals surface area contributed by atoms with Gasteiger partial charge in [0.1, 0.15) is 17.2 Å². The summed E-state index contributed by atoms with van der Waals surface area (Å²) in [5, 5.41) is 1.54. The van der Waals surface area contributed by atoms with Crippen molar-refractivity contribution in [1.29, 1.82) is 0 Å². The molecule has 2 amide bonds. The predicted molar refractivity (Wildman–Crippen MR) is 106 cm³/mol. The lowest BCUT2D eigenvalue weighted by molar-refractivity contribution is -0.471. The SMILES string of the molecule is O=C1[NH2+]c2cc(C(=O)N3CCN(c4ccc(F)cc4F)CC3)cn2-c2ccccc21. The highest BCUT2D eigenvalue weighted by Crippen LogP contribution is 2.25. The lowest BCUT2D eigenvalue weighted by atomic mass is 10.1. The molecule has 0 spiro atoms. The van der Waals surface area contributed by atoms with Crippen molar-refractivity contribution < 1.29 is 23.7 Å². The van der Waals surface area contributed by atoms with Gasteiger partial charge in [0, 0.05) is 44.5 Å². The van der Waals surface area contributed by atoms with Gasteiger partial charge in [-0.1, -0.05) is 12.1 Å². The zero-order valence-electron chi connectivity index (χ0n) is 16.0. The Balaban J connectivity index is 1.33. The molecule has 0 bridgehead atoms. The number of quaternary nitrogens is 1. The molecule has 2 aromatic carbocycles. The monoisotopic (exact) mass is 409 g/mol. The first-order chi connectivity index (χ1) is 14.5. The fourth-order valence-corrected chi connectivity index (χ4v) is 4.09. The molecule has 1 saturated heterocycles. The third-order valence-electron chi connectivity index (χ3n) is 5.62. The van der Waals surface area contributed by atoms with Crippen LogP contribution in [0.3, 0.4) is 0 Å². The minimum atomic E-state index is -0.611. The summed E-state index contributed by atoms with van der Waals surface area (Å²) in [7, 11) is 0. The molecule has 3 aromatic rings. The number of aromatic nitrogens is 1. The van der Waals surface area contributed by atoms with Crippen LogP contribution in [0.25, 0.3) is 5.69 Å². The van der Waals surface area contributed by atoms with Crippen LogP contribution in [0.1, 0.15) is 20.7 Å². The molecule has 0 atom stereocenters. The first-order valence-electron chi connectivity index (χ1n) is 9.71. The second-order valence-corrected chi connectivity index (χ2v) is 7.42. The Bertz CT molecular complexity index is 1170. The molecule has 8 heteroatoms. The minimum absolute atomic E-state index is 0.0786. The molecule has 0 unspecified atom stereocenters. The van der Waals surface area contributed by atoms with Crippen LogP contribution in [0.4, 0.5) is 20.3 Å². The Morgan fingerprint density at radius 2 is 1.70 bits per heavy atom. The van der Waals surface area contributed by atoms with Crippen molar-refractivity contribution in [1.82, 2.24) is 9.47 Å². The fourth-order valence-electron chi connectivity index (χ4n) is 4.09. The van der Waals surface area contributed by atoms with Crippen molar-refractivity contribution in [3.63, 3.8) is 0 Å². The molecule has 1 fully saturated rings. The van der Waals surface area contributed by atoms with Crippen molar-refractivity contribution in [2.75, 3.05) is 31.1 Å². The summed E-state index contributed by atoms with van der Waals surface area (Å²) in [4.78, 5) is 28.9. The van der Waals surface area contributed by atoms with Crippen LogP contribution in [0, 0.1) is 11.6 Å². The largest absolute Gasteiger partial charge is 0.366 e. The van der Waals surface area contributed by atoms with E-state index < -0.39 is 11.6 Å². The summed E-state index contributed by atoms with van der Waals surface area (Å²) < 4.78 is 29.0. The maximum absolute atomic E-state index is 14.0. The number of halogens is 2. The first kappa shape index (κ1) is 18.5. The number of para-hydroxylation sites is 1. The second kappa shape index (κ2) is 7.07. The number of fused-ring (bicyclic) bond motifs is 3. The molecule has 2 aliphatic rings. The van der Waals surface area contributed by atoms with E-state index in [1.165, 1.54) is 17.4 Å². The Labute approximate surface area is 171 Å². The Hall–Kier alpha value is -3.52. The average molecular weight is 409 g/mol. The van der Waals surface area contributed by atoms with E-state index in [4.69, 9.17) is 0 Å². The van der Waals surface area contributed by atoms with Crippen molar-refractivity contribution in [3.8, 4) is 5.69 Å². The Kier molecular flexibility index (Phi) is 4.36. The van der Waals surface area contributed by atoms with Gasteiger partial charge in [0.2, 0.25) is 5.82 Å². The standard InChI is InChI=1S/C22H18F2N4O2/c23-15-5-6-19(17(24)12-15)26-7-9-27(10-8-26)22(30)14-11-20-25-21(29)16-3-1-2-4-18(16)28(20)13-14/h1-6,11-13H,7-10H2,(H,25,29)/p+1. The molecule has 0 saturated carbocycles. The highest BCUT2D eigenvalue weighted by Gasteiger charge is 2.30. The van der Waals surface area contributed by atoms with Gasteiger partial charge in [0.15, 0.2) is 0 Å². The summed E-state index contributed by atoms with van der Waals surface area (Å²) in [5.74, 6) is -0.748. The molecule has 6 nitrogen and oxygen atoms in total. The number of hydrogen-bond acceptors (Lipinski definition) is 3. The summed E-state index contributed by atoms with van der Waals surface area (Å²) in [5.41, 5.74) is 2.21. The van der Waals surface area contributed by atoms with E-state index in [1.54, 1.807) is 23.2 Å². The third kappa shape index (κ3) is 3.05. The van der Waals surface area contributed by atoms with Gasteiger partial charge in [0.25, 0.3) is 5.91 Å². The number of hydrogen-bond donors (Lipinski definition) is 1. The van der Waals surface area contributed by atoms with E-state index in [1.807, 2.05) is 27.7 Å². The number of piperazine rings is 1. The Morgan fingerprint density at radius 1 is 0.933 bits per heavy atom. The Morgan fingerprint density at radius 3 is 2.47 bits per heavy atom. The van der Waals surface area contributed by atoms with Crippen molar-refractivity contribution >= 4 is 23.3 Å². The number of carbonyl (C=O) groups excluding carboxylic acids is 2. The fraction of sp³-hybridized carbons (Fsp3) is 0.182. The number of nitrogens with zero attached hydrogens (tertiary/aromatic N) is 3. The van der Waals surface area contributed by atoms with E-state index in [-0.39, 0.29) is 11.8 Å². The minimum Gasteiger partial charge on any atom is -0.366 e. The van der Waals surface area contributed by atoms with Crippen LogP contribution >= 0.6 is 0 Å². The van der Waals surface area contributed by atoms with Crippen LogP contribution in [-0.4, -0.2) is 47.5 Å². The zero-order chi connectivity index (χ0) is 20.8. The molecule has 0 radical (unpaired) electrons. The van der Waals surface area contributed by atoms with E-state index in [2.05, 4.69) is 0 Å². The number of nitrogens with two attached hydrogens (primary N) is 1. The van der Waals surface area contributed by atoms with Gasteiger partial charge in [-0.25, -0.2) is 18.9 Å². The van der Waals surface area contributed by atoms with Gasteiger partial charge < -0.3 is 9.80 Å². The van der Waals surface area contributed by atoms with Crippen molar-refractivity contribution in [2.45, 2.75) is 0 Å². The number of primary amides is 1. The van der Waals surface area contributed by atoms with E-state index >= 15 is 0 Å². The first-order valence-corrected chi connectivity index (χ1v) is 9.71. The topological polar surface area (TPSA) is 62.2 Å². The molecule has 30 heavy (non-hydrogen) atoms. The normalized spacial score (nSPS) is 15.7. The van der Waals surface area contributed by atoms with E-state index in [0.717, 1.165) is 11.8 Å². The smallest absolute Gasteiger partial charge is 0.350 e. The molecule has 0 aliphatic carbocycles. The molecule has 3 heterocycles. The number of benzene rings is 2. The molecular formula is C22H19F2N4O2+. The summed E-state index contributed by atoms with van der Waals surface area (Å²) >= 11 is 0. The van der Waals surface area contributed by atoms with E-state index in [0.29, 0.717) is 48.8 Å². The van der Waals surface area contributed by atoms with E-state index in [9.17, 15) is 18.4 Å². The van der Waals surface area contributed by atoms with Gasteiger partial charge in [0.05, 0.1) is 16.9 Å². The average Bonchev–Trinajstić information content (AvgIpc) is 3.18. The third-order valence-corrected chi connectivity index (χ3v) is 5.62. The number of carbonyl (C=O) groups is 2. The number of rotatable bonds is 2. The summed E-state index contributed by atoms with van der Waals surface area (Å²) in [6.45, 7) is 1.76. The maximum Gasteiger partial charge on any atom is 0.350 e. The second-order valence-electron chi connectivity index (χ2n) is 7.42. The lowest BCUT2D eigenvalue weighted by Gasteiger charge is -2.36. The van der Waals surface area contributed by atoms with Gasteiger partial charge in [-0.2, -0.15) is 0 Å². The number of amides is 2. The van der Waals surface area contributed by atoms with Crippen molar-refractivity contribution in [2.24, 2.45) is 0 Å². The highest BCUT2D eigenvalue weighted by atomic mass is 19.1. The quantitative estimate of drug-likeness (QED) is 0.705. The highest BCUT2D eigenvalue weighted by molar-refractivity contribution is 5.97. The predicted octanol–water partition coefficient (Wildman–Crippen LogP) is 2.07. The molecule has 152 valence electrons. The van der Waals surface area contributed by atoms with Gasteiger partial charge in [-0.15, -0.1) is 0 Å². The van der Waals surface area contributed by atoms with Crippen molar-refractivity contribution in [3.05, 3.63) is 77.5 Å². The van der Waals surface area contributed by atoms with Crippen LogP contribution in [0.5, 0.6) is 0 Å². The number of anilines is 1. The lowest BCUT2D eigenvalue weighted by Crippen LogP contribution is -2.84. The zero-order valence-corrected chi connectivity index (χ0v) is 16.0. The van der Waals surface area contributed by atoms with Crippen LogP contribution in [-0.2, 0) is 0 Å². The molecule has 2 N–H and O–H groups in total. The molecular weight excluding hydrogens is 390 g/mol. The molecule has 2 aliphatic heterocycles. The summed E-state index contributed by atoms with van der Waals surface area (Å²) in [6, 6.07) is 12.5.